The highest BCUT2D eigenvalue weighted by Gasteiger charge is 2.63. The lowest BCUT2D eigenvalue weighted by molar-refractivity contribution is -0.266. The minimum absolute atomic E-state index is 0.000245. The van der Waals surface area contributed by atoms with Crippen LogP contribution < -0.4 is 0 Å². The maximum Gasteiger partial charge on any atom is 0.160 e. The molecule has 5 heteroatoms. The van der Waals surface area contributed by atoms with Crippen LogP contribution in [0.3, 0.4) is 0 Å². The minimum Gasteiger partial charge on any atom is -0.393 e. The van der Waals surface area contributed by atoms with Crippen molar-refractivity contribution in [2.75, 3.05) is 0 Å². The SMILES string of the molecule is CC.CC(C)(O)OC1CC2CC(O)CCC2(C)C2CCC3(C)C(O)CCC3C12.c1ccncc1. The third-order valence-corrected chi connectivity index (χ3v) is 9.59. The van der Waals surface area contributed by atoms with Crippen molar-refractivity contribution in [2.24, 2.45) is 34.5 Å². The molecule has 9 atom stereocenters. The molecule has 0 amide bonds. The first-order valence-corrected chi connectivity index (χ1v) is 13.7. The fourth-order valence-corrected chi connectivity index (χ4v) is 7.95. The average Bonchev–Trinajstić information content (AvgIpc) is 3.11. The Hall–Kier alpha value is -1.01. The Morgan fingerprint density at radius 2 is 1.47 bits per heavy atom. The Morgan fingerprint density at radius 1 is 0.853 bits per heavy atom. The number of hydrogen-bond donors (Lipinski definition) is 3. The lowest BCUT2D eigenvalue weighted by Crippen LogP contribution is -2.60. The molecule has 4 aliphatic carbocycles. The first kappa shape index (κ1) is 27.6. The van der Waals surface area contributed by atoms with Gasteiger partial charge in [0.25, 0.3) is 0 Å². The number of aliphatic hydroxyl groups excluding tert-OH is 2. The zero-order valence-corrected chi connectivity index (χ0v) is 22.3. The molecule has 0 aliphatic heterocycles. The summed E-state index contributed by atoms with van der Waals surface area (Å²) in [6.07, 6.45) is 11.2. The van der Waals surface area contributed by atoms with Crippen molar-refractivity contribution in [2.45, 2.75) is 117 Å². The van der Waals surface area contributed by atoms with Crippen LogP contribution in [0, 0.1) is 34.5 Å². The lowest BCUT2D eigenvalue weighted by atomic mass is 9.44. The summed E-state index contributed by atoms with van der Waals surface area (Å²) in [5, 5.41) is 31.4. The van der Waals surface area contributed by atoms with Crippen LogP contribution in [0.5, 0.6) is 0 Å². The molecule has 5 rings (SSSR count). The van der Waals surface area contributed by atoms with E-state index in [0.29, 0.717) is 23.7 Å². The summed E-state index contributed by atoms with van der Waals surface area (Å²) in [6, 6.07) is 5.72. The van der Waals surface area contributed by atoms with Crippen molar-refractivity contribution in [3.05, 3.63) is 30.6 Å². The molecule has 4 fully saturated rings. The van der Waals surface area contributed by atoms with Crippen molar-refractivity contribution < 1.29 is 20.1 Å². The van der Waals surface area contributed by atoms with Gasteiger partial charge in [0.05, 0.1) is 18.3 Å². The number of rotatable bonds is 2. The van der Waals surface area contributed by atoms with Crippen LogP contribution in [0.25, 0.3) is 0 Å². The Bertz CT molecular complexity index is 726. The monoisotopic (exact) mass is 475 g/mol. The zero-order chi connectivity index (χ0) is 25.1. The molecule has 0 spiro atoms. The van der Waals surface area contributed by atoms with Gasteiger partial charge in [0, 0.05) is 12.4 Å². The molecule has 1 aromatic heterocycles. The van der Waals surface area contributed by atoms with E-state index in [1.165, 1.54) is 0 Å². The maximum atomic E-state index is 10.7. The number of pyridine rings is 1. The average molecular weight is 476 g/mol. The van der Waals surface area contributed by atoms with Crippen molar-refractivity contribution in [3.8, 4) is 0 Å². The second-order valence-corrected chi connectivity index (χ2v) is 11.9. The van der Waals surface area contributed by atoms with E-state index in [2.05, 4.69) is 18.8 Å². The topological polar surface area (TPSA) is 82.8 Å². The summed E-state index contributed by atoms with van der Waals surface area (Å²) in [4.78, 5) is 3.78. The Morgan fingerprint density at radius 3 is 2.03 bits per heavy atom. The highest BCUT2D eigenvalue weighted by molar-refractivity contribution is 5.12. The quantitative estimate of drug-likeness (QED) is 0.486. The van der Waals surface area contributed by atoms with Crippen molar-refractivity contribution in [1.82, 2.24) is 4.98 Å². The zero-order valence-electron chi connectivity index (χ0n) is 22.3. The molecule has 194 valence electrons. The van der Waals surface area contributed by atoms with E-state index < -0.39 is 5.79 Å². The lowest BCUT2D eigenvalue weighted by Gasteiger charge is -2.63. The van der Waals surface area contributed by atoms with E-state index >= 15 is 0 Å². The van der Waals surface area contributed by atoms with Crippen LogP contribution in [-0.2, 0) is 4.74 Å². The Labute approximate surface area is 207 Å². The molecule has 0 radical (unpaired) electrons. The summed E-state index contributed by atoms with van der Waals surface area (Å²) in [5.41, 5.74) is 0.262. The third kappa shape index (κ3) is 5.53. The van der Waals surface area contributed by atoms with Gasteiger partial charge in [-0.05, 0) is 112 Å². The van der Waals surface area contributed by atoms with E-state index in [1.54, 1.807) is 26.2 Å². The van der Waals surface area contributed by atoms with Gasteiger partial charge in [0.2, 0.25) is 0 Å². The maximum absolute atomic E-state index is 10.7. The van der Waals surface area contributed by atoms with Gasteiger partial charge in [-0.15, -0.1) is 0 Å². The van der Waals surface area contributed by atoms with Gasteiger partial charge < -0.3 is 20.1 Å². The van der Waals surface area contributed by atoms with Gasteiger partial charge >= 0.3 is 0 Å². The van der Waals surface area contributed by atoms with Crippen molar-refractivity contribution >= 4 is 0 Å². The summed E-state index contributed by atoms with van der Waals surface area (Å²) in [6.45, 7) is 12.2. The molecule has 4 aliphatic rings. The van der Waals surface area contributed by atoms with Crippen LogP contribution in [0.1, 0.15) is 92.9 Å². The van der Waals surface area contributed by atoms with Crippen LogP contribution in [-0.4, -0.2) is 44.4 Å². The molecule has 9 unspecified atom stereocenters. The molecule has 0 bridgehead atoms. The van der Waals surface area contributed by atoms with Crippen LogP contribution in [0.4, 0.5) is 0 Å². The number of aliphatic hydroxyl groups is 3. The molecular weight excluding hydrogens is 426 g/mol. The number of hydrogen-bond acceptors (Lipinski definition) is 5. The van der Waals surface area contributed by atoms with Gasteiger partial charge in [0.15, 0.2) is 5.79 Å². The Balaban J connectivity index is 0.000000348. The van der Waals surface area contributed by atoms with Crippen LogP contribution >= 0.6 is 0 Å². The second-order valence-electron chi connectivity index (χ2n) is 11.9. The highest BCUT2D eigenvalue weighted by Crippen LogP contribution is 2.66. The van der Waals surface area contributed by atoms with Gasteiger partial charge in [-0.1, -0.05) is 33.8 Å². The molecule has 34 heavy (non-hydrogen) atoms. The largest absolute Gasteiger partial charge is 0.393 e. The normalized spacial score (nSPS) is 43.1. The first-order valence-electron chi connectivity index (χ1n) is 13.7. The number of aromatic nitrogens is 1. The fraction of sp³-hybridized carbons (Fsp3) is 0.828. The molecule has 5 nitrogen and oxygen atoms in total. The van der Waals surface area contributed by atoms with Crippen LogP contribution in [0.15, 0.2) is 30.6 Å². The first-order chi connectivity index (χ1) is 16.0. The molecular formula is C29H49NO4. The molecule has 1 aromatic rings. The van der Waals surface area contributed by atoms with Gasteiger partial charge in [-0.25, -0.2) is 0 Å². The van der Waals surface area contributed by atoms with E-state index in [4.69, 9.17) is 4.74 Å². The summed E-state index contributed by atoms with van der Waals surface area (Å²) in [5.74, 6) is 0.795. The molecule has 4 saturated carbocycles. The number of fused-ring (bicyclic) bond motifs is 5. The predicted octanol–water partition coefficient (Wildman–Crippen LogP) is 5.58. The summed E-state index contributed by atoms with van der Waals surface area (Å²) in [7, 11) is 0. The fourth-order valence-electron chi connectivity index (χ4n) is 7.95. The van der Waals surface area contributed by atoms with Crippen LogP contribution in [0.2, 0.25) is 0 Å². The second kappa shape index (κ2) is 10.9. The smallest absolute Gasteiger partial charge is 0.160 e. The molecule has 1 heterocycles. The molecule has 0 aromatic carbocycles. The van der Waals surface area contributed by atoms with Gasteiger partial charge in [-0.3, -0.25) is 4.98 Å². The van der Waals surface area contributed by atoms with Crippen molar-refractivity contribution in [1.29, 1.82) is 0 Å². The minimum atomic E-state index is -1.14. The third-order valence-electron chi connectivity index (χ3n) is 9.59. The predicted molar refractivity (Wildman–Crippen MR) is 136 cm³/mol. The van der Waals surface area contributed by atoms with E-state index in [1.807, 2.05) is 32.0 Å². The summed E-state index contributed by atoms with van der Waals surface area (Å²) < 4.78 is 6.26. The number of ether oxygens (including phenoxy) is 1. The van der Waals surface area contributed by atoms with Crippen molar-refractivity contribution in [3.63, 3.8) is 0 Å². The summed E-state index contributed by atoms with van der Waals surface area (Å²) >= 11 is 0. The van der Waals surface area contributed by atoms with E-state index in [-0.39, 0.29) is 29.1 Å². The number of nitrogens with zero attached hydrogens (tertiary/aromatic N) is 1. The van der Waals surface area contributed by atoms with E-state index in [0.717, 1.165) is 51.4 Å². The van der Waals surface area contributed by atoms with Gasteiger partial charge in [0.1, 0.15) is 0 Å². The Kier molecular flexibility index (Phi) is 8.87. The molecule has 3 N–H and O–H groups in total. The standard InChI is InChI=1S/C22H38O4.C5H5N.C2H6/c1-20(2,25)26-17-12-13-11-14(23)7-9-21(13,3)16-8-10-22(4)15(19(16)17)5-6-18(22)24;1-2-4-6-5-3-1;1-2/h13-19,23-25H,5-12H2,1-4H3;1-5H;1-2H3. The highest BCUT2D eigenvalue weighted by atomic mass is 16.6. The molecule has 0 saturated heterocycles. The van der Waals surface area contributed by atoms with Gasteiger partial charge in [-0.2, -0.15) is 0 Å². The van der Waals surface area contributed by atoms with E-state index in [9.17, 15) is 15.3 Å².